The molecule has 1 N–H and O–H groups in total. The van der Waals surface area contributed by atoms with Gasteiger partial charge in [0.2, 0.25) is 0 Å². The minimum Gasteiger partial charge on any atom is -0.381 e. The summed E-state index contributed by atoms with van der Waals surface area (Å²) in [5, 5.41) is 3.67. The highest BCUT2D eigenvalue weighted by Gasteiger charge is 2.24. The van der Waals surface area contributed by atoms with E-state index in [1.807, 2.05) is 0 Å². The predicted octanol–water partition coefficient (Wildman–Crippen LogP) is 2.83. The average Bonchev–Trinajstić information content (AvgIpc) is 2.24. The molecule has 1 saturated heterocycles. The van der Waals surface area contributed by atoms with Crippen molar-refractivity contribution >= 4 is 0 Å². The van der Waals surface area contributed by atoms with Gasteiger partial charge in [-0.1, -0.05) is 27.2 Å². The molecule has 0 aromatic heterocycles. The number of ether oxygens (including phenoxy) is 1. The van der Waals surface area contributed by atoms with Crippen LogP contribution in [0.1, 0.15) is 46.5 Å². The Labute approximate surface area is 94.8 Å². The Morgan fingerprint density at radius 3 is 2.87 bits per heavy atom. The SMILES string of the molecule is CCCNC1CCOCC1CCC(C)C. The van der Waals surface area contributed by atoms with E-state index in [-0.39, 0.29) is 0 Å². The first-order valence-corrected chi connectivity index (χ1v) is 6.55. The van der Waals surface area contributed by atoms with Gasteiger partial charge in [-0.05, 0) is 37.6 Å². The van der Waals surface area contributed by atoms with Gasteiger partial charge in [0.15, 0.2) is 0 Å². The van der Waals surface area contributed by atoms with E-state index in [0.29, 0.717) is 6.04 Å². The van der Waals surface area contributed by atoms with E-state index in [4.69, 9.17) is 4.74 Å². The summed E-state index contributed by atoms with van der Waals surface area (Å²) >= 11 is 0. The van der Waals surface area contributed by atoms with Crippen molar-refractivity contribution in [3.05, 3.63) is 0 Å². The van der Waals surface area contributed by atoms with Crippen LogP contribution in [0.25, 0.3) is 0 Å². The molecule has 0 spiro atoms. The van der Waals surface area contributed by atoms with E-state index in [1.165, 1.54) is 25.7 Å². The van der Waals surface area contributed by atoms with Crippen molar-refractivity contribution in [1.29, 1.82) is 0 Å². The van der Waals surface area contributed by atoms with Crippen molar-refractivity contribution in [3.63, 3.8) is 0 Å². The van der Waals surface area contributed by atoms with Gasteiger partial charge in [-0.15, -0.1) is 0 Å². The zero-order chi connectivity index (χ0) is 11.1. The lowest BCUT2D eigenvalue weighted by atomic mass is 9.89. The summed E-state index contributed by atoms with van der Waals surface area (Å²) in [5.74, 6) is 1.56. The molecule has 1 aliphatic heterocycles. The molecule has 0 aromatic rings. The smallest absolute Gasteiger partial charge is 0.0509 e. The van der Waals surface area contributed by atoms with Crippen LogP contribution in [0.4, 0.5) is 0 Å². The molecule has 1 heterocycles. The summed E-state index contributed by atoms with van der Waals surface area (Å²) in [5.41, 5.74) is 0. The Hall–Kier alpha value is -0.0800. The lowest BCUT2D eigenvalue weighted by Gasteiger charge is -2.32. The quantitative estimate of drug-likeness (QED) is 0.732. The first kappa shape index (κ1) is 13.0. The molecular formula is C13H27NO. The zero-order valence-electron chi connectivity index (χ0n) is 10.6. The monoisotopic (exact) mass is 213 g/mol. The Kier molecular flexibility index (Phi) is 6.26. The summed E-state index contributed by atoms with van der Waals surface area (Å²) in [7, 11) is 0. The summed E-state index contributed by atoms with van der Waals surface area (Å²) < 4.78 is 5.58. The lowest BCUT2D eigenvalue weighted by molar-refractivity contribution is 0.0269. The molecule has 1 rings (SSSR count). The van der Waals surface area contributed by atoms with Crippen molar-refractivity contribution in [3.8, 4) is 0 Å². The third-order valence-corrected chi connectivity index (χ3v) is 3.25. The molecule has 0 saturated carbocycles. The van der Waals surface area contributed by atoms with Gasteiger partial charge in [0.25, 0.3) is 0 Å². The molecule has 1 aliphatic rings. The van der Waals surface area contributed by atoms with Crippen LogP contribution >= 0.6 is 0 Å². The molecule has 90 valence electrons. The van der Waals surface area contributed by atoms with E-state index in [0.717, 1.165) is 31.6 Å². The minimum atomic E-state index is 0.706. The van der Waals surface area contributed by atoms with Crippen molar-refractivity contribution < 1.29 is 4.74 Å². The van der Waals surface area contributed by atoms with Gasteiger partial charge >= 0.3 is 0 Å². The van der Waals surface area contributed by atoms with Crippen molar-refractivity contribution in [1.82, 2.24) is 5.32 Å². The lowest BCUT2D eigenvalue weighted by Crippen LogP contribution is -2.43. The summed E-state index contributed by atoms with van der Waals surface area (Å²) in [4.78, 5) is 0. The second-order valence-electron chi connectivity index (χ2n) is 5.16. The summed E-state index contributed by atoms with van der Waals surface area (Å²) in [6, 6.07) is 0.706. The molecule has 15 heavy (non-hydrogen) atoms. The third kappa shape index (κ3) is 4.98. The highest BCUT2D eigenvalue weighted by atomic mass is 16.5. The summed E-state index contributed by atoms with van der Waals surface area (Å²) in [6.07, 6.45) is 5.08. The summed E-state index contributed by atoms with van der Waals surface area (Å²) in [6.45, 7) is 9.91. The maximum Gasteiger partial charge on any atom is 0.0509 e. The maximum absolute atomic E-state index is 5.58. The number of rotatable bonds is 6. The van der Waals surface area contributed by atoms with Crippen LogP contribution in [0.15, 0.2) is 0 Å². The third-order valence-electron chi connectivity index (χ3n) is 3.25. The molecule has 0 aromatic carbocycles. The second-order valence-corrected chi connectivity index (χ2v) is 5.16. The molecular weight excluding hydrogens is 186 g/mol. The van der Waals surface area contributed by atoms with Crippen LogP contribution in [-0.2, 0) is 4.74 Å². The molecule has 2 heteroatoms. The average molecular weight is 213 g/mol. The topological polar surface area (TPSA) is 21.3 Å². The van der Waals surface area contributed by atoms with Gasteiger partial charge in [-0.25, -0.2) is 0 Å². The fraction of sp³-hybridized carbons (Fsp3) is 1.00. The minimum absolute atomic E-state index is 0.706. The standard InChI is InChI=1S/C13H27NO/c1-4-8-14-13-7-9-15-10-12(13)6-5-11(2)3/h11-14H,4-10H2,1-3H3. The maximum atomic E-state index is 5.58. The van der Waals surface area contributed by atoms with Crippen LogP contribution in [0.3, 0.4) is 0 Å². The van der Waals surface area contributed by atoms with E-state index < -0.39 is 0 Å². The molecule has 0 amide bonds. The highest BCUT2D eigenvalue weighted by Crippen LogP contribution is 2.21. The fourth-order valence-corrected chi connectivity index (χ4v) is 2.23. The van der Waals surface area contributed by atoms with E-state index in [2.05, 4.69) is 26.1 Å². The molecule has 0 aliphatic carbocycles. The van der Waals surface area contributed by atoms with Crippen molar-refractivity contribution in [2.75, 3.05) is 19.8 Å². The molecule has 2 atom stereocenters. The molecule has 0 bridgehead atoms. The fourth-order valence-electron chi connectivity index (χ4n) is 2.23. The first-order chi connectivity index (χ1) is 7.24. The number of hydrogen-bond donors (Lipinski definition) is 1. The molecule has 2 nitrogen and oxygen atoms in total. The normalized spacial score (nSPS) is 27.2. The molecule has 0 radical (unpaired) electrons. The number of nitrogens with one attached hydrogen (secondary N) is 1. The van der Waals surface area contributed by atoms with Gasteiger partial charge in [0.1, 0.15) is 0 Å². The molecule has 2 unspecified atom stereocenters. The van der Waals surface area contributed by atoms with Crippen LogP contribution in [0, 0.1) is 11.8 Å². The van der Waals surface area contributed by atoms with Gasteiger partial charge < -0.3 is 10.1 Å². The zero-order valence-corrected chi connectivity index (χ0v) is 10.6. The van der Waals surface area contributed by atoms with Crippen LogP contribution in [-0.4, -0.2) is 25.8 Å². The first-order valence-electron chi connectivity index (χ1n) is 6.55. The Morgan fingerprint density at radius 1 is 1.40 bits per heavy atom. The van der Waals surface area contributed by atoms with E-state index in [1.54, 1.807) is 0 Å². The van der Waals surface area contributed by atoms with Crippen molar-refractivity contribution in [2.24, 2.45) is 11.8 Å². The number of hydrogen-bond acceptors (Lipinski definition) is 2. The Morgan fingerprint density at radius 2 is 2.20 bits per heavy atom. The Bertz CT molecular complexity index is 159. The molecule has 1 fully saturated rings. The van der Waals surface area contributed by atoms with Crippen LogP contribution in [0.2, 0.25) is 0 Å². The van der Waals surface area contributed by atoms with E-state index >= 15 is 0 Å². The largest absolute Gasteiger partial charge is 0.381 e. The van der Waals surface area contributed by atoms with Gasteiger partial charge in [0, 0.05) is 12.6 Å². The van der Waals surface area contributed by atoms with Crippen molar-refractivity contribution in [2.45, 2.75) is 52.5 Å². The van der Waals surface area contributed by atoms with Gasteiger partial charge in [-0.3, -0.25) is 0 Å². The van der Waals surface area contributed by atoms with E-state index in [9.17, 15) is 0 Å². The predicted molar refractivity (Wildman–Crippen MR) is 65.1 cm³/mol. The van der Waals surface area contributed by atoms with Gasteiger partial charge in [0.05, 0.1) is 6.61 Å². The Balaban J connectivity index is 2.29. The van der Waals surface area contributed by atoms with Gasteiger partial charge in [-0.2, -0.15) is 0 Å². The second kappa shape index (κ2) is 7.24. The van der Waals surface area contributed by atoms with Crippen LogP contribution < -0.4 is 5.32 Å². The van der Waals surface area contributed by atoms with Crippen LogP contribution in [0.5, 0.6) is 0 Å². The highest BCUT2D eigenvalue weighted by molar-refractivity contribution is 4.79.